The van der Waals surface area contributed by atoms with Crippen molar-refractivity contribution in [3.63, 3.8) is 0 Å². The fourth-order valence-electron chi connectivity index (χ4n) is 1.63. The van der Waals surface area contributed by atoms with Gasteiger partial charge in [0.25, 0.3) is 5.91 Å². The van der Waals surface area contributed by atoms with E-state index in [4.69, 9.17) is 5.73 Å². The largest absolute Gasteiger partial charge is 0.347 e. The van der Waals surface area contributed by atoms with E-state index < -0.39 is 0 Å². The molecule has 5 heteroatoms. The molecule has 0 radical (unpaired) electrons. The van der Waals surface area contributed by atoms with Crippen LogP contribution in [0.1, 0.15) is 21.6 Å². The van der Waals surface area contributed by atoms with Gasteiger partial charge in [-0.2, -0.15) is 0 Å². The second-order valence-corrected chi connectivity index (χ2v) is 4.25. The maximum atomic E-state index is 12.8. The highest BCUT2D eigenvalue weighted by Gasteiger charge is 2.06. The number of hydrogen-bond donors (Lipinski definition) is 2. The van der Waals surface area contributed by atoms with E-state index in [-0.39, 0.29) is 18.3 Å². The molecule has 0 saturated carbocycles. The van der Waals surface area contributed by atoms with Crippen LogP contribution in [0.5, 0.6) is 0 Å². The van der Waals surface area contributed by atoms with Gasteiger partial charge in [0.2, 0.25) is 0 Å². The summed E-state index contributed by atoms with van der Waals surface area (Å²) in [5.41, 5.74) is 7.10. The highest BCUT2D eigenvalue weighted by Crippen LogP contribution is 2.03. The molecule has 0 aliphatic heterocycles. The van der Waals surface area contributed by atoms with E-state index in [1.54, 1.807) is 24.3 Å². The highest BCUT2D eigenvalue weighted by atomic mass is 19.1. The topological polar surface area (TPSA) is 68.0 Å². The summed E-state index contributed by atoms with van der Waals surface area (Å²) < 4.78 is 12.8. The number of carbonyl (C=O) groups excluding carboxylic acids is 1. The minimum Gasteiger partial charge on any atom is -0.347 e. The number of hydrogen-bond acceptors (Lipinski definition) is 3. The van der Waals surface area contributed by atoms with Crippen molar-refractivity contribution in [1.82, 2.24) is 10.3 Å². The maximum absolute atomic E-state index is 12.8. The van der Waals surface area contributed by atoms with E-state index in [2.05, 4.69) is 22.1 Å². The number of nitrogens with zero attached hydrogens (tertiary/aromatic N) is 1. The molecule has 3 N–H and O–H groups in total. The predicted molar refractivity (Wildman–Crippen MR) is 77.7 cm³/mol. The van der Waals surface area contributed by atoms with Gasteiger partial charge in [-0.25, -0.2) is 9.37 Å². The van der Waals surface area contributed by atoms with Crippen LogP contribution in [-0.4, -0.2) is 17.4 Å². The standard InChI is InChI=1S/C16H14FN3O/c17-14-6-3-13(4-7-14)11-20-16(21)15-8-5-12(10-19-15)2-1-9-18/h3-8,10H,9,11,18H2,(H,20,21). The number of carbonyl (C=O) groups is 1. The van der Waals surface area contributed by atoms with Crippen LogP contribution in [0.3, 0.4) is 0 Å². The number of aromatic nitrogens is 1. The van der Waals surface area contributed by atoms with Crippen molar-refractivity contribution in [2.45, 2.75) is 6.54 Å². The Labute approximate surface area is 122 Å². The molecular formula is C16H14FN3O. The second kappa shape index (κ2) is 7.17. The van der Waals surface area contributed by atoms with Crippen molar-refractivity contribution in [1.29, 1.82) is 0 Å². The van der Waals surface area contributed by atoms with Crippen LogP contribution in [0.15, 0.2) is 42.6 Å². The van der Waals surface area contributed by atoms with E-state index in [1.807, 2.05) is 0 Å². The molecular weight excluding hydrogens is 269 g/mol. The van der Waals surface area contributed by atoms with Crippen LogP contribution in [0.2, 0.25) is 0 Å². The second-order valence-electron chi connectivity index (χ2n) is 4.25. The summed E-state index contributed by atoms with van der Waals surface area (Å²) in [4.78, 5) is 15.9. The quantitative estimate of drug-likeness (QED) is 0.838. The molecule has 2 aromatic rings. The van der Waals surface area contributed by atoms with Crippen LogP contribution >= 0.6 is 0 Å². The third-order valence-corrected chi connectivity index (χ3v) is 2.70. The van der Waals surface area contributed by atoms with Gasteiger partial charge in [0, 0.05) is 18.3 Å². The molecule has 0 spiro atoms. The van der Waals surface area contributed by atoms with Crippen molar-refractivity contribution in [3.05, 3.63) is 65.2 Å². The molecule has 0 saturated heterocycles. The number of pyridine rings is 1. The lowest BCUT2D eigenvalue weighted by molar-refractivity contribution is 0.0946. The Morgan fingerprint density at radius 3 is 2.62 bits per heavy atom. The molecule has 0 atom stereocenters. The van der Waals surface area contributed by atoms with Crippen molar-refractivity contribution < 1.29 is 9.18 Å². The van der Waals surface area contributed by atoms with E-state index in [0.717, 1.165) is 5.56 Å². The Hall–Kier alpha value is -2.71. The lowest BCUT2D eigenvalue weighted by atomic mass is 10.2. The maximum Gasteiger partial charge on any atom is 0.270 e. The molecule has 0 bridgehead atoms. The average Bonchev–Trinajstić information content (AvgIpc) is 2.52. The average molecular weight is 283 g/mol. The smallest absolute Gasteiger partial charge is 0.270 e. The lowest BCUT2D eigenvalue weighted by Gasteiger charge is -2.05. The monoisotopic (exact) mass is 283 g/mol. The Morgan fingerprint density at radius 2 is 2.00 bits per heavy atom. The Bertz CT molecular complexity index is 669. The van der Waals surface area contributed by atoms with Crippen LogP contribution in [0.4, 0.5) is 4.39 Å². The van der Waals surface area contributed by atoms with Crippen molar-refractivity contribution in [3.8, 4) is 11.8 Å². The number of rotatable bonds is 3. The number of amides is 1. The van der Waals surface area contributed by atoms with Gasteiger partial charge < -0.3 is 11.1 Å². The fraction of sp³-hybridized carbons (Fsp3) is 0.125. The van der Waals surface area contributed by atoms with E-state index in [1.165, 1.54) is 18.3 Å². The Kier molecular flexibility index (Phi) is 5.02. The van der Waals surface area contributed by atoms with Crippen molar-refractivity contribution >= 4 is 5.91 Å². The lowest BCUT2D eigenvalue weighted by Crippen LogP contribution is -2.23. The fourth-order valence-corrected chi connectivity index (χ4v) is 1.63. The van der Waals surface area contributed by atoms with Gasteiger partial charge in [-0.15, -0.1) is 0 Å². The zero-order valence-electron chi connectivity index (χ0n) is 11.3. The van der Waals surface area contributed by atoms with Gasteiger partial charge in [-0.05, 0) is 29.8 Å². The van der Waals surface area contributed by atoms with Gasteiger partial charge >= 0.3 is 0 Å². The molecule has 106 valence electrons. The third kappa shape index (κ3) is 4.41. The van der Waals surface area contributed by atoms with Crippen molar-refractivity contribution in [2.75, 3.05) is 6.54 Å². The first-order valence-electron chi connectivity index (χ1n) is 6.36. The van der Waals surface area contributed by atoms with Gasteiger partial charge in [-0.3, -0.25) is 4.79 Å². The zero-order valence-corrected chi connectivity index (χ0v) is 11.3. The van der Waals surface area contributed by atoms with Crippen LogP contribution < -0.4 is 11.1 Å². The Balaban J connectivity index is 1.95. The van der Waals surface area contributed by atoms with Crippen LogP contribution in [-0.2, 0) is 6.54 Å². The van der Waals surface area contributed by atoms with E-state index in [9.17, 15) is 9.18 Å². The first kappa shape index (κ1) is 14.7. The van der Waals surface area contributed by atoms with Gasteiger partial charge in [0.1, 0.15) is 11.5 Å². The summed E-state index contributed by atoms with van der Waals surface area (Å²) in [7, 11) is 0. The molecule has 0 fully saturated rings. The summed E-state index contributed by atoms with van der Waals surface area (Å²) in [5, 5.41) is 2.72. The van der Waals surface area contributed by atoms with Gasteiger partial charge in [-0.1, -0.05) is 24.0 Å². The SMILES string of the molecule is NCC#Cc1ccc(C(=O)NCc2ccc(F)cc2)nc1. The Morgan fingerprint density at radius 1 is 1.24 bits per heavy atom. The number of benzene rings is 1. The molecule has 0 aliphatic rings. The third-order valence-electron chi connectivity index (χ3n) is 2.70. The molecule has 0 aliphatic carbocycles. The molecule has 4 nitrogen and oxygen atoms in total. The summed E-state index contributed by atoms with van der Waals surface area (Å²) in [6.45, 7) is 0.593. The normalized spacial score (nSPS) is 9.62. The summed E-state index contributed by atoms with van der Waals surface area (Å²) in [5.74, 6) is 4.94. The first-order valence-corrected chi connectivity index (χ1v) is 6.36. The molecule has 1 amide bonds. The number of nitrogens with two attached hydrogens (primary N) is 1. The molecule has 2 rings (SSSR count). The van der Waals surface area contributed by atoms with Crippen LogP contribution in [0, 0.1) is 17.7 Å². The van der Waals surface area contributed by atoms with E-state index in [0.29, 0.717) is 17.8 Å². The van der Waals surface area contributed by atoms with Crippen LogP contribution in [0.25, 0.3) is 0 Å². The summed E-state index contributed by atoms with van der Waals surface area (Å²) in [6.07, 6.45) is 1.52. The first-order chi connectivity index (χ1) is 10.2. The highest BCUT2D eigenvalue weighted by molar-refractivity contribution is 5.92. The molecule has 1 aromatic heterocycles. The molecule has 0 unspecified atom stereocenters. The minimum absolute atomic E-state index is 0.278. The van der Waals surface area contributed by atoms with E-state index >= 15 is 0 Å². The predicted octanol–water partition coefficient (Wildman–Crippen LogP) is 1.46. The van der Waals surface area contributed by atoms with Gasteiger partial charge in [0.15, 0.2) is 0 Å². The molecule has 1 aromatic carbocycles. The summed E-state index contributed by atoms with van der Waals surface area (Å²) in [6, 6.07) is 9.25. The molecule has 1 heterocycles. The van der Waals surface area contributed by atoms with Gasteiger partial charge in [0.05, 0.1) is 6.54 Å². The number of nitrogens with one attached hydrogen (secondary N) is 1. The molecule has 21 heavy (non-hydrogen) atoms. The minimum atomic E-state index is -0.305. The zero-order chi connectivity index (χ0) is 15.1. The summed E-state index contributed by atoms with van der Waals surface area (Å²) >= 11 is 0. The van der Waals surface area contributed by atoms with Crippen molar-refractivity contribution in [2.24, 2.45) is 5.73 Å². The number of halogens is 1.